The van der Waals surface area contributed by atoms with E-state index in [1.54, 1.807) is 38.0 Å². The van der Waals surface area contributed by atoms with Gasteiger partial charge in [0.15, 0.2) is 16.6 Å². The second-order valence-electron chi connectivity index (χ2n) is 8.58. The van der Waals surface area contributed by atoms with Crippen LogP contribution in [0.2, 0.25) is 0 Å². The maximum Gasteiger partial charge on any atom is 0.251 e. The molecule has 4 heterocycles. The van der Waals surface area contributed by atoms with E-state index in [-0.39, 0.29) is 11.9 Å². The molecule has 2 saturated heterocycles. The zero-order valence-electron chi connectivity index (χ0n) is 19.2. The summed E-state index contributed by atoms with van der Waals surface area (Å²) in [5, 5.41) is 4.61. The van der Waals surface area contributed by atoms with E-state index in [0.717, 1.165) is 48.3 Å². The molecule has 34 heavy (non-hydrogen) atoms. The zero-order chi connectivity index (χ0) is 23.7. The number of aromatic nitrogens is 4. The first kappa shape index (κ1) is 22.3. The first-order valence-electron chi connectivity index (χ1n) is 11.3. The summed E-state index contributed by atoms with van der Waals surface area (Å²) in [6.07, 6.45) is 7.36. The first-order valence-corrected chi connectivity index (χ1v) is 11.7. The van der Waals surface area contributed by atoms with Gasteiger partial charge in [-0.15, -0.1) is 0 Å². The number of piperidine rings is 1. The van der Waals surface area contributed by atoms with Gasteiger partial charge in [0, 0.05) is 49.4 Å². The molecule has 11 heteroatoms. The Morgan fingerprint density at radius 3 is 2.62 bits per heavy atom. The third kappa shape index (κ3) is 4.23. The average Bonchev–Trinajstić information content (AvgIpc) is 3.47. The summed E-state index contributed by atoms with van der Waals surface area (Å²) in [5.74, 6) is 2.58. The number of rotatable bonds is 7. The number of aromatic amines is 1. The molecule has 2 fully saturated rings. The number of nitrogens with zero attached hydrogens (tertiary/aromatic N) is 5. The minimum absolute atomic E-state index is 0.0323. The molecule has 10 nitrogen and oxygen atoms in total. The molecule has 2 aliphatic heterocycles. The Morgan fingerprint density at radius 2 is 1.91 bits per heavy atom. The maximum atomic E-state index is 13.0. The molecule has 1 aromatic carbocycles. The van der Waals surface area contributed by atoms with Gasteiger partial charge in [0.2, 0.25) is 0 Å². The monoisotopic (exact) mass is 481 g/mol. The van der Waals surface area contributed by atoms with Gasteiger partial charge in [0.05, 0.1) is 26.1 Å². The van der Waals surface area contributed by atoms with E-state index in [1.165, 1.54) is 0 Å². The Balaban J connectivity index is 1.24. The van der Waals surface area contributed by atoms with E-state index < -0.39 is 0 Å². The number of anilines is 1. The maximum absolute atomic E-state index is 13.0. The van der Waals surface area contributed by atoms with Gasteiger partial charge in [-0.25, -0.2) is 15.0 Å². The van der Waals surface area contributed by atoms with Crippen molar-refractivity contribution in [1.29, 1.82) is 0 Å². The van der Waals surface area contributed by atoms with Crippen molar-refractivity contribution in [2.24, 2.45) is 5.92 Å². The van der Waals surface area contributed by atoms with Crippen LogP contribution in [0.15, 0.2) is 31.0 Å². The van der Waals surface area contributed by atoms with Gasteiger partial charge in [-0.3, -0.25) is 9.69 Å². The highest BCUT2D eigenvalue weighted by atomic mass is 32.1. The molecule has 1 amide bonds. The topological polar surface area (TPSA) is 109 Å². The van der Waals surface area contributed by atoms with E-state index in [9.17, 15) is 4.79 Å². The summed E-state index contributed by atoms with van der Waals surface area (Å²) in [5.41, 5.74) is 1.72. The lowest BCUT2D eigenvalue weighted by Gasteiger charge is -2.34. The fraction of sp³-hybridized carbons (Fsp3) is 0.435. The van der Waals surface area contributed by atoms with Crippen LogP contribution in [0.5, 0.6) is 11.5 Å². The molecule has 2 N–H and O–H groups in total. The number of benzene rings is 1. The van der Waals surface area contributed by atoms with Gasteiger partial charge in [0.1, 0.15) is 18.2 Å². The van der Waals surface area contributed by atoms with Crippen LogP contribution in [0, 0.1) is 5.92 Å². The highest BCUT2D eigenvalue weighted by molar-refractivity contribution is 7.80. The predicted octanol–water partition coefficient (Wildman–Crippen LogP) is 1.91. The number of fused-ring (bicyclic) bond motifs is 1. The van der Waals surface area contributed by atoms with Gasteiger partial charge >= 0.3 is 0 Å². The molecule has 1 unspecified atom stereocenters. The minimum Gasteiger partial charge on any atom is -0.493 e. The molecule has 0 aliphatic carbocycles. The summed E-state index contributed by atoms with van der Waals surface area (Å²) >= 11 is 5.47. The molecular weight excluding hydrogens is 454 g/mol. The van der Waals surface area contributed by atoms with Gasteiger partial charge in [-0.05, 0) is 37.0 Å². The second kappa shape index (κ2) is 9.41. The number of nitrogens with one attached hydrogen (secondary N) is 2. The minimum atomic E-state index is -0.340. The highest BCUT2D eigenvalue weighted by Gasteiger charge is 2.37. The number of amides is 1. The van der Waals surface area contributed by atoms with Crippen molar-refractivity contribution >= 4 is 40.0 Å². The van der Waals surface area contributed by atoms with E-state index in [1.807, 2.05) is 12.1 Å². The van der Waals surface area contributed by atoms with Crippen molar-refractivity contribution in [3.63, 3.8) is 0 Å². The van der Waals surface area contributed by atoms with Crippen molar-refractivity contribution in [2.75, 3.05) is 38.8 Å². The Hall–Kier alpha value is -3.47. The predicted molar refractivity (Wildman–Crippen MR) is 131 cm³/mol. The van der Waals surface area contributed by atoms with Crippen LogP contribution < -0.4 is 19.7 Å². The van der Waals surface area contributed by atoms with E-state index in [4.69, 9.17) is 21.7 Å². The molecular formula is C23H27N7O3S. The second-order valence-corrected chi connectivity index (χ2v) is 8.97. The number of ether oxygens (including phenoxy) is 2. The lowest BCUT2D eigenvalue weighted by molar-refractivity contribution is -0.127. The van der Waals surface area contributed by atoms with Crippen LogP contribution in [0.3, 0.4) is 0 Å². The highest BCUT2D eigenvalue weighted by Crippen LogP contribution is 2.35. The van der Waals surface area contributed by atoms with Crippen molar-refractivity contribution < 1.29 is 14.3 Å². The van der Waals surface area contributed by atoms with Gasteiger partial charge in [-0.2, -0.15) is 0 Å². The van der Waals surface area contributed by atoms with Gasteiger partial charge < -0.3 is 24.7 Å². The largest absolute Gasteiger partial charge is 0.493 e. The summed E-state index contributed by atoms with van der Waals surface area (Å²) in [6.45, 7) is 2.31. The van der Waals surface area contributed by atoms with Crippen molar-refractivity contribution in [2.45, 2.75) is 25.3 Å². The van der Waals surface area contributed by atoms with Crippen LogP contribution >= 0.6 is 12.2 Å². The fourth-order valence-corrected chi connectivity index (χ4v) is 5.02. The Morgan fingerprint density at radius 1 is 1.15 bits per heavy atom. The van der Waals surface area contributed by atoms with E-state index >= 15 is 0 Å². The number of imidazole rings is 1. The summed E-state index contributed by atoms with van der Waals surface area (Å²) in [4.78, 5) is 33.0. The van der Waals surface area contributed by atoms with Crippen molar-refractivity contribution in [1.82, 2.24) is 30.2 Å². The lowest BCUT2D eigenvalue weighted by atomic mass is 9.96. The molecule has 0 spiro atoms. The van der Waals surface area contributed by atoms with E-state index in [0.29, 0.717) is 35.5 Å². The average molecular weight is 482 g/mol. The Bertz CT molecular complexity index is 1190. The molecule has 1 atom stereocenters. The summed E-state index contributed by atoms with van der Waals surface area (Å²) in [7, 11) is 3.24. The molecule has 0 bridgehead atoms. The number of carbonyl (C=O) groups is 1. The first-order chi connectivity index (χ1) is 16.6. The quantitative estimate of drug-likeness (QED) is 0.489. The number of thiocarbonyl (C=S) groups is 1. The molecule has 0 radical (unpaired) electrons. The summed E-state index contributed by atoms with van der Waals surface area (Å²) < 4.78 is 10.9. The SMILES string of the molecule is COc1cc2ncnc(N3CCC(CN4C(=O)C(Cc5cnc[nH]5)NC4=S)CC3)c2cc1OC. The van der Waals surface area contributed by atoms with Gasteiger partial charge in [-0.1, -0.05) is 0 Å². The Labute approximate surface area is 202 Å². The van der Waals surface area contributed by atoms with Crippen LogP contribution in [-0.4, -0.2) is 75.8 Å². The zero-order valence-corrected chi connectivity index (χ0v) is 20.0. The summed E-state index contributed by atoms with van der Waals surface area (Å²) in [6, 6.07) is 3.47. The lowest BCUT2D eigenvalue weighted by Crippen LogP contribution is -2.41. The molecule has 2 aliphatic rings. The Kier molecular flexibility index (Phi) is 6.18. The molecule has 5 rings (SSSR count). The van der Waals surface area contributed by atoms with Gasteiger partial charge in [0.25, 0.3) is 5.91 Å². The van der Waals surface area contributed by atoms with Crippen LogP contribution in [0.1, 0.15) is 18.5 Å². The standard InChI is InChI=1S/C23H27N7O3S/c1-32-19-8-16-17(9-20(19)33-2)26-13-27-21(16)29-5-3-14(4-6-29)11-30-22(31)18(28-23(30)34)7-15-10-24-12-25-15/h8-10,12-14,18H,3-7,11H2,1-2H3,(H,24,25)(H,28,34). The third-order valence-corrected chi connectivity index (χ3v) is 6.90. The van der Waals surface area contributed by atoms with Crippen molar-refractivity contribution in [3.05, 3.63) is 36.7 Å². The van der Waals surface area contributed by atoms with Crippen LogP contribution in [-0.2, 0) is 11.2 Å². The number of carbonyl (C=O) groups excluding carboxylic acids is 1. The van der Waals surface area contributed by atoms with Crippen LogP contribution in [0.4, 0.5) is 5.82 Å². The fourth-order valence-electron chi connectivity index (χ4n) is 4.71. The third-order valence-electron chi connectivity index (χ3n) is 6.56. The van der Waals surface area contributed by atoms with E-state index in [2.05, 4.69) is 30.2 Å². The molecule has 3 aromatic rings. The smallest absolute Gasteiger partial charge is 0.251 e. The number of hydrogen-bond acceptors (Lipinski definition) is 8. The molecule has 178 valence electrons. The number of methoxy groups -OCH3 is 2. The number of hydrogen-bond donors (Lipinski definition) is 2. The van der Waals surface area contributed by atoms with Crippen LogP contribution in [0.25, 0.3) is 10.9 Å². The normalized spacial score (nSPS) is 19.1. The molecule has 0 saturated carbocycles. The number of H-pyrrole nitrogens is 1. The van der Waals surface area contributed by atoms with Crippen molar-refractivity contribution in [3.8, 4) is 11.5 Å². The molecule has 2 aromatic heterocycles.